The van der Waals surface area contributed by atoms with Gasteiger partial charge in [-0.05, 0) is 54.8 Å². The van der Waals surface area contributed by atoms with Crippen molar-refractivity contribution in [3.8, 4) is 0 Å². The van der Waals surface area contributed by atoms with Gasteiger partial charge in [0, 0.05) is 22.9 Å². The Bertz CT molecular complexity index is 637. The highest BCUT2D eigenvalue weighted by Gasteiger charge is 2.28. The molecule has 0 saturated heterocycles. The lowest BCUT2D eigenvalue weighted by atomic mass is 10.2. The van der Waals surface area contributed by atoms with Crippen molar-refractivity contribution in [2.24, 2.45) is 0 Å². The van der Waals surface area contributed by atoms with Crippen molar-refractivity contribution in [2.45, 2.75) is 39.2 Å². The molecule has 0 aliphatic heterocycles. The normalized spacial score (nSPS) is 14.2. The molecule has 3 rings (SSSR count). The molecular weight excluding hydrogens is 348 g/mol. The van der Waals surface area contributed by atoms with E-state index in [0.717, 1.165) is 39.9 Å². The van der Waals surface area contributed by atoms with E-state index in [1.807, 2.05) is 0 Å². The monoisotopic (exact) mass is 366 g/mol. The van der Waals surface area contributed by atoms with Gasteiger partial charge in [0.25, 0.3) is 0 Å². The summed E-state index contributed by atoms with van der Waals surface area (Å²) in [6.07, 6.45) is 2.43. The lowest BCUT2D eigenvalue weighted by Crippen LogP contribution is -2.10. The molecule has 0 radical (unpaired) electrons. The van der Waals surface area contributed by atoms with Crippen molar-refractivity contribution in [1.29, 1.82) is 0 Å². The molecule has 0 unspecified atom stereocenters. The topological polar surface area (TPSA) is 49.8 Å². The number of nitrogens with one attached hydrogen (secondary N) is 2. The van der Waals surface area contributed by atoms with Crippen LogP contribution in [-0.4, -0.2) is 16.5 Å². The van der Waals surface area contributed by atoms with Crippen LogP contribution in [-0.2, 0) is 6.54 Å². The predicted molar refractivity (Wildman–Crippen MR) is 92.3 cm³/mol. The van der Waals surface area contributed by atoms with E-state index in [9.17, 15) is 0 Å². The first-order valence-corrected chi connectivity index (χ1v) is 8.88. The van der Waals surface area contributed by atoms with Crippen molar-refractivity contribution < 1.29 is 0 Å². The Morgan fingerprint density at radius 1 is 1.24 bits per heavy atom. The van der Waals surface area contributed by atoms with Gasteiger partial charge in [0.1, 0.15) is 17.5 Å². The molecular formula is C15H19BrN4S. The fraction of sp³-hybridized carbons (Fsp3) is 0.467. The number of thiophene rings is 1. The maximum atomic E-state index is 4.73. The Morgan fingerprint density at radius 3 is 2.52 bits per heavy atom. The van der Waals surface area contributed by atoms with E-state index in [1.165, 1.54) is 17.7 Å². The molecule has 1 aliphatic carbocycles. The summed E-state index contributed by atoms with van der Waals surface area (Å²) in [7, 11) is 0. The van der Waals surface area contributed by atoms with Crippen molar-refractivity contribution >= 4 is 38.9 Å². The summed E-state index contributed by atoms with van der Waals surface area (Å²) in [4.78, 5) is 10.7. The van der Waals surface area contributed by atoms with Crippen LogP contribution in [0.15, 0.2) is 15.9 Å². The van der Waals surface area contributed by atoms with E-state index in [1.54, 1.807) is 11.3 Å². The van der Waals surface area contributed by atoms with Crippen LogP contribution in [0.25, 0.3) is 0 Å². The number of rotatable bonds is 6. The minimum absolute atomic E-state index is 0.555. The maximum absolute atomic E-state index is 4.73. The molecule has 2 N–H and O–H groups in total. The summed E-state index contributed by atoms with van der Waals surface area (Å²) in [6, 6.07) is 4.21. The van der Waals surface area contributed by atoms with E-state index in [-0.39, 0.29) is 0 Å². The second-order valence-corrected chi connectivity index (χ2v) is 7.82. The minimum atomic E-state index is 0.555. The van der Waals surface area contributed by atoms with Gasteiger partial charge in [0.15, 0.2) is 0 Å². The van der Waals surface area contributed by atoms with Gasteiger partial charge in [-0.2, -0.15) is 0 Å². The number of hydrogen-bond donors (Lipinski definition) is 2. The molecule has 1 aliphatic rings. The van der Waals surface area contributed by atoms with Gasteiger partial charge in [0.05, 0.1) is 10.3 Å². The maximum Gasteiger partial charge on any atom is 0.136 e. The summed E-state index contributed by atoms with van der Waals surface area (Å²) < 4.78 is 1.16. The molecule has 0 aromatic carbocycles. The fourth-order valence-corrected chi connectivity index (χ4v) is 3.61. The van der Waals surface area contributed by atoms with E-state index >= 15 is 0 Å². The van der Waals surface area contributed by atoms with Crippen molar-refractivity contribution in [2.75, 3.05) is 17.2 Å². The van der Waals surface area contributed by atoms with Crippen LogP contribution in [0, 0.1) is 6.92 Å². The average Bonchev–Trinajstić information content (AvgIpc) is 3.23. The van der Waals surface area contributed by atoms with Gasteiger partial charge in [-0.25, -0.2) is 9.97 Å². The zero-order valence-electron chi connectivity index (χ0n) is 12.2. The molecule has 2 heterocycles. The van der Waals surface area contributed by atoms with Gasteiger partial charge < -0.3 is 10.6 Å². The largest absolute Gasteiger partial charge is 0.370 e. The molecule has 6 heteroatoms. The summed E-state index contributed by atoms with van der Waals surface area (Å²) in [5.74, 6) is 3.45. The highest BCUT2D eigenvalue weighted by atomic mass is 79.9. The van der Waals surface area contributed by atoms with Gasteiger partial charge in [0.2, 0.25) is 0 Å². The van der Waals surface area contributed by atoms with Gasteiger partial charge in [-0.3, -0.25) is 0 Å². The molecule has 0 amide bonds. The van der Waals surface area contributed by atoms with Crippen LogP contribution in [0.5, 0.6) is 0 Å². The summed E-state index contributed by atoms with van der Waals surface area (Å²) in [6.45, 7) is 5.83. The molecule has 0 spiro atoms. The molecule has 2 aromatic heterocycles. The first-order valence-electron chi connectivity index (χ1n) is 7.28. The molecule has 4 nitrogen and oxygen atoms in total. The second kappa shape index (κ2) is 6.32. The van der Waals surface area contributed by atoms with Crippen LogP contribution in [0.3, 0.4) is 0 Å². The highest BCUT2D eigenvalue weighted by Crippen LogP contribution is 2.39. The standard InChI is InChI=1S/C15H19BrN4S/c1-3-17-13-9(2)14(20-15(19-13)10-4-5-10)18-8-11-6-7-12(16)21-11/h6-7,10H,3-5,8H2,1-2H3,(H2,17,18,19,20). The molecule has 2 aromatic rings. The van der Waals surface area contributed by atoms with Crippen LogP contribution < -0.4 is 10.6 Å². The van der Waals surface area contributed by atoms with Crippen molar-refractivity contribution in [3.05, 3.63) is 32.2 Å². The third kappa shape index (κ3) is 3.55. The van der Waals surface area contributed by atoms with E-state index in [2.05, 4.69) is 57.5 Å². The fourth-order valence-electron chi connectivity index (χ4n) is 2.19. The lowest BCUT2D eigenvalue weighted by Gasteiger charge is -2.14. The van der Waals surface area contributed by atoms with Gasteiger partial charge in [-0.15, -0.1) is 11.3 Å². The highest BCUT2D eigenvalue weighted by molar-refractivity contribution is 9.11. The zero-order valence-corrected chi connectivity index (χ0v) is 14.6. The Morgan fingerprint density at radius 2 is 1.95 bits per heavy atom. The molecule has 0 bridgehead atoms. The number of nitrogens with zero attached hydrogens (tertiary/aromatic N) is 2. The molecule has 1 saturated carbocycles. The van der Waals surface area contributed by atoms with Crippen LogP contribution in [0.1, 0.15) is 41.9 Å². The second-order valence-electron chi connectivity index (χ2n) is 5.27. The number of hydrogen-bond acceptors (Lipinski definition) is 5. The Balaban J connectivity index is 1.81. The zero-order chi connectivity index (χ0) is 14.8. The van der Waals surface area contributed by atoms with Gasteiger partial charge >= 0.3 is 0 Å². The van der Waals surface area contributed by atoms with E-state index in [0.29, 0.717) is 5.92 Å². The summed E-state index contributed by atoms with van der Waals surface area (Å²) >= 11 is 5.24. The number of anilines is 2. The Labute approximate surface area is 137 Å². The predicted octanol–water partition coefficient (Wildman–Crippen LogP) is 4.53. The van der Waals surface area contributed by atoms with E-state index in [4.69, 9.17) is 4.98 Å². The van der Waals surface area contributed by atoms with Crippen LogP contribution in [0.4, 0.5) is 11.6 Å². The Kier molecular flexibility index (Phi) is 4.45. The first-order chi connectivity index (χ1) is 10.2. The van der Waals surface area contributed by atoms with Crippen molar-refractivity contribution in [1.82, 2.24) is 9.97 Å². The average molecular weight is 367 g/mol. The van der Waals surface area contributed by atoms with Crippen molar-refractivity contribution in [3.63, 3.8) is 0 Å². The van der Waals surface area contributed by atoms with Crippen LogP contribution >= 0.6 is 27.3 Å². The molecule has 1 fully saturated rings. The summed E-state index contributed by atoms with van der Waals surface area (Å²) in [5, 5.41) is 6.81. The summed E-state index contributed by atoms with van der Waals surface area (Å²) in [5.41, 5.74) is 1.09. The quantitative estimate of drug-likeness (QED) is 0.788. The SMILES string of the molecule is CCNc1nc(C2CC2)nc(NCc2ccc(Br)s2)c1C. The third-order valence-corrected chi connectivity index (χ3v) is 5.13. The van der Waals surface area contributed by atoms with Crippen LogP contribution in [0.2, 0.25) is 0 Å². The smallest absolute Gasteiger partial charge is 0.136 e. The van der Waals surface area contributed by atoms with E-state index < -0.39 is 0 Å². The Hall–Kier alpha value is -1.14. The number of aromatic nitrogens is 2. The lowest BCUT2D eigenvalue weighted by molar-refractivity contribution is 0.910. The first kappa shape index (κ1) is 14.8. The third-order valence-electron chi connectivity index (χ3n) is 3.51. The number of halogens is 1. The molecule has 21 heavy (non-hydrogen) atoms. The molecule has 112 valence electrons. The minimum Gasteiger partial charge on any atom is -0.370 e. The molecule has 0 atom stereocenters. The van der Waals surface area contributed by atoms with Gasteiger partial charge in [-0.1, -0.05) is 0 Å².